The van der Waals surface area contributed by atoms with Crippen molar-refractivity contribution in [3.05, 3.63) is 53.5 Å². The molecule has 1 N–H and O–H groups in total. The molecule has 0 radical (unpaired) electrons. The molecule has 0 aromatic carbocycles. The van der Waals surface area contributed by atoms with Gasteiger partial charge >= 0.3 is 0 Å². The highest BCUT2D eigenvalue weighted by molar-refractivity contribution is 5.95. The van der Waals surface area contributed by atoms with Crippen molar-refractivity contribution in [1.29, 1.82) is 5.26 Å². The molecule has 3 saturated heterocycles. The lowest BCUT2D eigenvalue weighted by atomic mass is 9.73. The summed E-state index contributed by atoms with van der Waals surface area (Å²) in [5, 5.41) is 12.1. The fourth-order valence-corrected chi connectivity index (χ4v) is 5.31. The summed E-state index contributed by atoms with van der Waals surface area (Å²) in [4.78, 5) is 23.5. The molecule has 0 unspecified atom stereocenters. The largest absolute Gasteiger partial charge is 0.369 e. The Morgan fingerprint density at radius 2 is 2.31 bits per heavy atom. The Labute approximate surface area is 169 Å². The number of nitriles is 1. The van der Waals surface area contributed by atoms with Gasteiger partial charge in [-0.25, -0.2) is 4.98 Å². The number of hydrogen-bond donors (Lipinski definition) is 1. The van der Waals surface area contributed by atoms with E-state index >= 15 is 0 Å². The molecule has 3 aliphatic heterocycles. The summed E-state index contributed by atoms with van der Waals surface area (Å²) in [5.41, 5.74) is 1.79. The quantitative estimate of drug-likeness (QED) is 0.861. The predicted molar refractivity (Wildman–Crippen MR) is 106 cm³/mol. The number of ether oxygens (including phenoxy) is 1. The molecule has 0 aliphatic carbocycles. The second-order valence-corrected chi connectivity index (χ2v) is 8.27. The van der Waals surface area contributed by atoms with Gasteiger partial charge in [-0.1, -0.05) is 0 Å². The average molecular weight is 389 g/mol. The molecule has 1 spiro atoms. The summed E-state index contributed by atoms with van der Waals surface area (Å²) in [6, 6.07) is 9.42. The van der Waals surface area contributed by atoms with Crippen molar-refractivity contribution in [2.45, 2.75) is 31.5 Å². The van der Waals surface area contributed by atoms with Crippen LogP contribution < -0.4 is 10.2 Å². The van der Waals surface area contributed by atoms with Gasteiger partial charge in [0.05, 0.1) is 22.8 Å². The maximum atomic E-state index is 12.6. The number of carbonyl (C=O) groups excluding carboxylic acids is 1. The third-order valence-electron chi connectivity index (χ3n) is 6.73. The first-order valence-corrected chi connectivity index (χ1v) is 10.1. The molecule has 3 fully saturated rings. The first-order valence-electron chi connectivity index (χ1n) is 10.1. The van der Waals surface area contributed by atoms with E-state index in [2.05, 4.69) is 26.3 Å². The number of nitrogens with one attached hydrogen (secondary N) is 1. The van der Waals surface area contributed by atoms with Gasteiger partial charge in [-0.15, -0.1) is 0 Å². The van der Waals surface area contributed by atoms with E-state index in [0.29, 0.717) is 29.5 Å². The van der Waals surface area contributed by atoms with E-state index in [1.807, 2.05) is 19.1 Å². The minimum Gasteiger partial charge on any atom is -0.369 e. The van der Waals surface area contributed by atoms with E-state index in [0.717, 1.165) is 37.4 Å². The number of carbonyl (C=O) groups is 1. The highest BCUT2D eigenvalue weighted by Crippen LogP contribution is 2.55. The molecule has 2 bridgehead atoms. The maximum absolute atomic E-state index is 12.6. The van der Waals surface area contributed by atoms with Crippen LogP contribution >= 0.6 is 0 Å². The van der Waals surface area contributed by atoms with E-state index in [4.69, 9.17) is 10.00 Å². The first-order chi connectivity index (χ1) is 14.1. The molecule has 29 heavy (non-hydrogen) atoms. The second kappa shape index (κ2) is 6.82. The Morgan fingerprint density at radius 3 is 3.07 bits per heavy atom. The fraction of sp³-hybridized carbons (Fsp3) is 0.455. The third kappa shape index (κ3) is 2.95. The topological polar surface area (TPSA) is 91.1 Å². The maximum Gasteiger partial charge on any atom is 0.253 e. The van der Waals surface area contributed by atoms with Crippen LogP contribution in [0.2, 0.25) is 0 Å². The number of anilines is 1. The van der Waals surface area contributed by atoms with Crippen LogP contribution in [-0.4, -0.2) is 47.2 Å². The molecule has 5 rings (SSSR count). The van der Waals surface area contributed by atoms with E-state index < -0.39 is 0 Å². The zero-order valence-electron chi connectivity index (χ0n) is 16.3. The fourth-order valence-electron chi connectivity index (χ4n) is 5.31. The van der Waals surface area contributed by atoms with Gasteiger partial charge in [0.25, 0.3) is 5.91 Å². The van der Waals surface area contributed by atoms with Crippen LogP contribution in [0, 0.1) is 30.1 Å². The van der Waals surface area contributed by atoms with Crippen LogP contribution in [0.3, 0.4) is 0 Å². The van der Waals surface area contributed by atoms with Crippen LogP contribution in [0.25, 0.3) is 0 Å². The van der Waals surface area contributed by atoms with Gasteiger partial charge in [0, 0.05) is 49.6 Å². The van der Waals surface area contributed by atoms with Gasteiger partial charge < -0.3 is 15.0 Å². The number of pyridine rings is 2. The standard InChI is InChI=1S/C22H23N5O2/c1-14-16(3-2-8-24-14)21(28)26-11-17-18-12-27(13-22(18)7-6-19(17)29-22)20-5-4-15(9-23)10-25-20/h2-5,8,10,17-19H,6-7,11-13H2,1H3,(H,26,28)/t17-,18+,19+,22+/m0/s1. The number of fused-ring (bicyclic) bond motifs is 1. The summed E-state index contributed by atoms with van der Waals surface area (Å²) in [6.07, 6.45) is 5.63. The van der Waals surface area contributed by atoms with E-state index in [1.165, 1.54) is 0 Å². The zero-order chi connectivity index (χ0) is 20.0. The van der Waals surface area contributed by atoms with Gasteiger partial charge in [-0.2, -0.15) is 5.26 Å². The highest BCUT2D eigenvalue weighted by atomic mass is 16.5. The molecule has 5 heterocycles. The Hall–Kier alpha value is -2.98. The van der Waals surface area contributed by atoms with Crippen molar-refractivity contribution in [3.8, 4) is 6.07 Å². The van der Waals surface area contributed by atoms with Crippen molar-refractivity contribution in [1.82, 2.24) is 15.3 Å². The second-order valence-electron chi connectivity index (χ2n) is 8.27. The Bertz CT molecular complexity index is 985. The SMILES string of the molecule is Cc1ncccc1C(=O)NC[C@H]1[C@H]2CN(c3ccc(C#N)cn3)C[C@]23CC[C@H]1O3. The van der Waals surface area contributed by atoms with Crippen molar-refractivity contribution in [2.75, 3.05) is 24.5 Å². The van der Waals surface area contributed by atoms with Crippen molar-refractivity contribution < 1.29 is 9.53 Å². The van der Waals surface area contributed by atoms with E-state index in [9.17, 15) is 4.79 Å². The van der Waals surface area contributed by atoms with Crippen molar-refractivity contribution >= 4 is 11.7 Å². The third-order valence-corrected chi connectivity index (χ3v) is 6.73. The molecule has 2 aromatic rings. The molecule has 3 aliphatic rings. The Morgan fingerprint density at radius 1 is 1.41 bits per heavy atom. The summed E-state index contributed by atoms with van der Waals surface area (Å²) < 4.78 is 6.47. The number of rotatable bonds is 4. The van der Waals surface area contributed by atoms with Gasteiger partial charge in [0.1, 0.15) is 11.9 Å². The smallest absolute Gasteiger partial charge is 0.253 e. The van der Waals surface area contributed by atoms with Gasteiger partial charge in [0.2, 0.25) is 0 Å². The molecule has 1 amide bonds. The Balaban J connectivity index is 1.29. The van der Waals surface area contributed by atoms with Gasteiger partial charge in [-0.05, 0) is 44.0 Å². The molecule has 4 atom stereocenters. The highest BCUT2D eigenvalue weighted by Gasteiger charge is 2.63. The molecule has 0 saturated carbocycles. The molecule has 2 aromatic heterocycles. The van der Waals surface area contributed by atoms with E-state index in [-0.39, 0.29) is 17.6 Å². The monoisotopic (exact) mass is 389 g/mol. The summed E-state index contributed by atoms with van der Waals surface area (Å²) >= 11 is 0. The number of aromatic nitrogens is 2. The van der Waals surface area contributed by atoms with Crippen LogP contribution in [-0.2, 0) is 4.74 Å². The lowest BCUT2D eigenvalue weighted by Gasteiger charge is -2.29. The van der Waals surface area contributed by atoms with Crippen molar-refractivity contribution in [2.24, 2.45) is 11.8 Å². The number of amides is 1. The number of nitrogens with zero attached hydrogens (tertiary/aromatic N) is 4. The van der Waals surface area contributed by atoms with E-state index in [1.54, 1.807) is 24.5 Å². The van der Waals surface area contributed by atoms with Crippen LogP contribution in [0.4, 0.5) is 5.82 Å². The summed E-state index contributed by atoms with van der Waals surface area (Å²) in [5.74, 6) is 1.48. The van der Waals surface area contributed by atoms with Gasteiger partial charge in [0.15, 0.2) is 0 Å². The lowest BCUT2D eigenvalue weighted by Crippen LogP contribution is -2.42. The molecule has 7 heteroatoms. The minimum atomic E-state index is -0.139. The number of hydrogen-bond acceptors (Lipinski definition) is 6. The molecule has 7 nitrogen and oxygen atoms in total. The predicted octanol–water partition coefficient (Wildman–Crippen LogP) is 2.07. The Kier molecular flexibility index (Phi) is 4.25. The number of aryl methyl sites for hydroxylation is 1. The normalized spacial score (nSPS) is 29.5. The lowest BCUT2D eigenvalue weighted by molar-refractivity contribution is 0.0141. The van der Waals surface area contributed by atoms with Gasteiger partial charge in [-0.3, -0.25) is 9.78 Å². The zero-order valence-corrected chi connectivity index (χ0v) is 16.3. The molecule has 148 valence electrons. The average Bonchev–Trinajstić information content (AvgIpc) is 3.41. The van der Waals surface area contributed by atoms with Crippen LogP contribution in [0.15, 0.2) is 36.7 Å². The van der Waals surface area contributed by atoms with Crippen LogP contribution in [0.1, 0.15) is 34.5 Å². The summed E-state index contributed by atoms with van der Waals surface area (Å²) in [7, 11) is 0. The minimum absolute atomic E-state index is 0.0731. The molecular formula is C22H23N5O2. The van der Waals surface area contributed by atoms with Crippen molar-refractivity contribution in [3.63, 3.8) is 0 Å². The van der Waals surface area contributed by atoms with Crippen LogP contribution in [0.5, 0.6) is 0 Å². The molecular weight excluding hydrogens is 366 g/mol. The first kappa shape index (κ1) is 18.1. The summed E-state index contributed by atoms with van der Waals surface area (Å²) in [6.45, 7) is 4.14.